The van der Waals surface area contributed by atoms with Gasteiger partial charge in [-0.05, 0) is 42.8 Å². The van der Waals surface area contributed by atoms with Gasteiger partial charge in [-0.25, -0.2) is 13.1 Å². The Bertz CT molecular complexity index is 1330. The van der Waals surface area contributed by atoms with E-state index in [1.165, 1.54) is 28.6 Å². The van der Waals surface area contributed by atoms with Gasteiger partial charge in [0, 0.05) is 35.0 Å². The van der Waals surface area contributed by atoms with Crippen molar-refractivity contribution in [2.24, 2.45) is 0 Å². The van der Waals surface area contributed by atoms with Gasteiger partial charge in [0.05, 0.1) is 27.8 Å². The van der Waals surface area contributed by atoms with E-state index >= 15 is 0 Å². The molecule has 2 aromatic carbocycles. The summed E-state index contributed by atoms with van der Waals surface area (Å²) in [7, 11) is -4.65. The van der Waals surface area contributed by atoms with Crippen LogP contribution in [-0.4, -0.2) is 45.7 Å². The second kappa shape index (κ2) is 9.20. The number of aryl methyl sites for hydroxylation is 1. The third kappa shape index (κ3) is 4.38. The van der Waals surface area contributed by atoms with Crippen molar-refractivity contribution in [2.45, 2.75) is 37.2 Å². The fourth-order valence-corrected chi connectivity index (χ4v) is 6.62. The van der Waals surface area contributed by atoms with Gasteiger partial charge < -0.3 is 5.32 Å². The minimum absolute atomic E-state index is 0.143. The van der Waals surface area contributed by atoms with Crippen LogP contribution in [0.4, 0.5) is 5.82 Å². The Morgan fingerprint density at radius 2 is 1.76 bits per heavy atom. The maximum absolute atomic E-state index is 13.1. The summed E-state index contributed by atoms with van der Waals surface area (Å²) in [6.07, 6.45) is 0. The number of aromatic nitrogens is 2. The number of sulfonamides is 1. The summed E-state index contributed by atoms with van der Waals surface area (Å²) in [4.78, 5) is 13.2. The summed E-state index contributed by atoms with van der Waals surface area (Å²) in [6, 6.07) is 13.6. The number of hydrogen-bond donors (Lipinski definition) is 1. The summed E-state index contributed by atoms with van der Waals surface area (Å²) in [5.74, 6) is 0.791. The Hall–Kier alpha value is -2.82. The molecule has 1 unspecified atom stereocenters. The number of carbonyl (C=O) groups is 1. The average Bonchev–Trinajstić information content (AvgIpc) is 3.31. The third-order valence-corrected chi connectivity index (χ3v) is 8.98. The van der Waals surface area contributed by atoms with Crippen LogP contribution in [0.25, 0.3) is 5.69 Å². The minimum Gasteiger partial charge on any atom is -0.306 e. The topological polar surface area (TPSA) is 101 Å². The van der Waals surface area contributed by atoms with Crippen LogP contribution in [-0.2, 0) is 32.3 Å². The van der Waals surface area contributed by atoms with E-state index in [9.17, 15) is 17.4 Å². The molecule has 2 heterocycles. The summed E-state index contributed by atoms with van der Waals surface area (Å²) < 4.78 is 40.6. The molecule has 1 aromatic heterocycles. The van der Waals surface area contributed by atoms with Crippen LogP contribution in [0.3, 0.4) is 0 Å². The molecule has 0 fully saturated rings. The van der Waals surface area contributed by atoms with Crippen LogP contribution in [0.2, 0.25) is 0 Å². The molecule has 1 aliphatic rings. The van der Waals surface area contributed by atoms with Gasteiger partial charge in [0.15, 0.2) is 0 Å². The molecule has 0 aliphatic carbocycles. The molecule has 4 rings (SSSR count). The fourth-order valence-electron chi connectivity index (χ4n) is 3.90. The maximum Gasteiger partial charge on any atom is 0.256 e. The molecular weight excluding hydrogens is 460 g/mol. The maximum atomic E-state index is 13.1. The fraction of sp³-hybridized carbons (Fsp3) is 0.304. The Balaban J connectivity index is 1.66. The molecule has 1 amide bonds. The number of hydrogen-bond acceptors (Lipinski definition) is 5. The molecule has 1 N–H and O–H groups in total. The van der Waals surface area contributed by atoms with Crippen LogP contribution in [0.5, 0.6) is 0 Å². The van der Waals surface area contributed by atoms with Crippen LogP contribution >= 0.6 is 0 Å². The Morgan fingerprint density at radius 1 is 1.09 bits per heavy atom. The molecule has 33 heavy (non-hydrogen) atoms. The van der Waals surface area contributed by atoms with E-state index < -0.39 is 26.7 Å². The highest BCUT2D eigenvalue weighted by atomic mass is 32.2. The second-order valence-electron chi connectivity index (χ2n) is 7.77. The highest BCUT2D eigenvalue weighted by molar-refractivity contribution is 7.89. The van der Waals surface area contributed by atoms with Gasteiger partial charge in [-0.2, -0.15) is 9.40 Å². The largest absolute Gasteiger partial charge is 0.306 e. The Morgan fingerprint density at radius 3 is 2.39 bits per heavy atom. The zero-order valence-corrected chi connectivity index (χ0v) is 20.4. The molecule has 8 nitrogen and oxygen atoms in total. The van der Waals surface area contributed by atoms with Gasteiger partial charge in [-0.15, -0.1) is 0 Å². The predicted octanol–water partition coefficient (Wildman–Crippen LogP) is 3.23. The van der Waals surface area contributed by atoms with Gasteiger partial charge in [0.1, 0.15) is 5.82 Å². The monoisotopic (exact) mass is 486 g/mol. The zero-order chi connectivity index (χ0) is 23.8. The molecule has 1 aliphatic heterocycles. The summed E-state index contributed by atoms with van der Waals surface area (Å²) in [6.45, 7) is 6.27. The number of para-hydroxylation sites is 1. The number of benzene rings is 2. The quantitative estimate of drug-likeness (QED) is 0.553. The summed E-state index contributed by atoms with van der Waals surface area (Å²) in [5, 5.41) is 7.55. The van der Waals surface area contributed by atoms with E-state index in [0.717, 1.165) is 16.8 Å². The number of nitrogens with one attached hydrogen (secondary N) is 1. The van der Waals surface area contributed by atoms with Crippen molar-refractivity contribution in [3.8, 4) is 5.69 Å². The highest BCUT2D eigenvalue weighted by Crippen LogP contribution is 2.32. The van der Waals surface area contributed by atoms with Crippen LogP contribution < -0.4 is 5.32 Å². The van der Waals surface area contributed by atoms with Crippen molar-refractivity contribution >= 4 is 32.5 Å². The van der Waals surface area contributed by atoms with Gasteiger partial charge in [-0.1, -0.05) is 32.0 Å². The van der Waals surface area contributed by atoms with Crippen LogP contribution in [0, 0.1) is 6.92 Å². The first-order valence-corrected chi connectivity index (χ1v) is 13.6. The van der Waals surface area contributed by atoms with Crippen molar-refractivity contribution in [2.75, 3.05) is 18.4 Å². The molecule has 0 saturated carbocycles. The third-order valence-electron chi connectivity index (χ3n) is 5.71. The highest BCUT2D eigenvalue weighted by Gasteiger charge is 2.29. The number of fused-ring (bicyclic) bond motifs is 1. The van der Waals surface area contributed by atoms with E-state index in [1.807, 2.05) is 31.2 Å². The number of rotatable bonds is 7. The second-order valence-corrected chi connectivity index (χ2v) is 11.2. The molecule has 0 bridgehead atoms. The van der Waals surface area contributed by atoms with Crippen LogP contribution in [0.1, 0.15) is 41.0 Å². The lowest BCUT2D eigenvalue weighted by Gasteiger charge is -2.18. The lowest BCUT2D eigenvalue weighted by molar-refractivity contribution is 0.102. The van der Waals surface area contributed by atoms with E-state index in [0.29, 0.717) is 41.7 Å². The SMILES string of the molecule is CCN(CC)S(=O)(=O)c1ccc(C(=O)Nc2c3c(nn2-c2ccccc2C)CS(=O)C3)cc1. The van der Waals surface area contributed by atoms with Gasteiger partial charge in [-0.3, -0.25) is 9.00 Å². The lowest BCUT2D eigenvalue weighted by atomic mass is 10.2. The lowest BCUT2D eigenvalue weighted by Crippen LogP contribution is -2.30. The van der Waals surface area contributed by atoms with Crippen molar-refractivity contribution in [3.63, 3.8) is 0 Å². The van der Waals surface area contributed by atoms with Gasteiger partial charge in [0.25, 0.3) is 5.91 Å². The van der Waals surface area contributed by atoms with Crippen molar-refractivity contribution in [1.29, 1.82) is 0 Å². The first-order chi connectivity index (χ1) is 15.8. The van der Waals surface area contributed by atoms with E-state index in [1.54, 1.807) is 18.5 Å². The molecule has 0 radical (unpaired) electrons. The molecule has 3 aromatic rings. The summed E-state index contributed by atoms with van der Waals surface area (Å²) in [5.41, 5.74) is 3.62. The molecular formula is C23H26N4O4S2. The normalized spacial score (nSPS) is 15.6. The molecule has 0 saturated heterocycles. The van der Waals surface area contributed by atoms with Crippen LogP contribution in [0.15, 0.2) is 53.4 Å². The van der Waals surface area contributed by atoms with Gasteiger partial charge in [0.2, 0.25) is 10.0 Å². The molecule has 10 heteroatoms. The molecule has 1 atom stereocenters. The zero-order valence-electron chi connectivity index (χ0n) is 18.7. The Labute approximate surface area is 196 Å². The van der Waals surface area contributed by atoms with Crippen molar-refractivity contribution in [1.82, 2.24) is 14.1 Å². The Kier molecular flexibility index (Phi) is 6.51. The number of carbonyl (C=O) groups excluding carboxylic acids is 1. The number of nitrogens with zero attached hydrogens (tertiary/aromatic N) is 3. The minimum atomic E-state index is -3.60. The number of anilines is 1. The van der Waals surface area contributed by atoms with Crippen molar-refractivity contribution in [3.05, 3.63) is 70.9 Å². The van der Waals surface area contributed by atoms with E-state index in [2.05, 4.69) is 10.4 Å². The van der Waals surface area contributed by atoms with Crippen molar-refractivity contribution < 1.29 is 17.4 Å². The predicted molar refractivity (Wildman–Crippen MR) is 128 cm³/mol. The molecule has 174 valence electrons. The summed E-state index contributed by atoms with van der Waals surface area (Å²) >= 11 is 0. The average molecular weight is 487 g/mol. The van der Waals surface area contributed by atoms with Gasteiger partial charge >= 0.3 is 0 Å². The first-order valence-electron chi connectivity index (χ1n) is 10.7. The number of amides is 1. The molecule has 0 spiro atoms. The standard InChI is InChI=1S/C23H26N4O4S2/c1-4-26(5-2)33(30,31)18-12-10-17(11-13-18)23(28)24-22-19-14-32(29)15-20(19)25-27(22)21-9-7-6-8-16(21)3/h6-13H,4-5,14-15H2,1-3H3,(H,24,28). The first kappa shape index (κ1) is 23.3. The van der Waals surface area contributed by atoms with E-state index in [4.69, 9.17) is 0 Å². The smallest absolute Gasteiger partial charge is 0.256 e. The van der Waals surface area contributed by atoms with E-state index in [-0.39, 0.29) is 4.90 Å².